The van der Waals surface area contributed by atoms with Crippen LogP contribution in [0.2, 0.25) is 0 Å². The van der Waals surface area contributed by atoms with Crippen LogP contribution in [0.25, 0.3) is 0 Å². The van der Waals surface area contributed by atoms with Crippen LogP contribution in [0.15, 0.2) is 18.2 Å². The highest BCUT2D eigenvalue weighted by Gasteiger charge is 2.32. The fraction of sp³-hybridized carbons (Fsp3) is 0.500. The molecule has 2 nitrogen and oxygen atoms in total. The molecule has 0 fully saturated rings. The lowest BCUT2D eigenvalue weighted by atomic mass is 10.1. The maximum absolute atomic E-state index is 12.6. The van der Waals surface area contributed by atoms with Gasteiger partial charge < -0.3 is 10.2 Å². The maximum atomic E-state index is 12.6. The Balaban J connectivity index is 2.38. The predicted molar refractivity (Wildman–Crippen MR) is 62.4 cm³/mol. The van der Waals surface area contributed by atoms with Gasteiger partial charge in [-0.05, 0) is 24.6 Å². The summed E-state index contributed by atoms with van der Waals surface area (Å²) in [5.41, 5.74) is 0.789. The van der Waals surface area contributed by atoms with Crippen LogP contribution in [0.4, 0.5) is 24.5 Å². The Morgan fingerprint density at radius 3 is 2.71 bits per heavy atom. The van der Waals surface area contributed by atoms with E-state index < -0.39 is 11.7 Å². The topological polar surface area (TPSA) is 15.3 Å². The van der Waals surface area contributed by atoms with Crippen LogP contribution in [0.3, 0.4) is 0 Å². The number of fused-ring (bicyclic) bond motifs is 1. The number of hydrogen-bond donors (Lipinski definition) is 1. The van der Waals surface area contributed by atoms with Gasteiger partial charge in [0.25, 0.3) is 0 Å². The van der Waals surface area contributed by atoms with Gasteiger partial charge in [-0.3, -0.25) is 0 Å². The first kappa shape index (κ1) is 12.1. The molecule has 1 heterocycles. The Bertz CT molecular complexity index is 415. The molecule has 0 bridgehead atoms. The van der Waals surface area contributed by atoms with E-state index >= 15 is 0 Å². The van der Waals surface area contributed by atoms with Gasteiger partial charge in [-0.25, -0.2) is 0 Å². The van der Waals surface area contributed by atoms with Crippen molar-refractivity contribution in [3.05, 3.63) is 23.8 Å². The summed E-state index contributed by atoms with van der Waals surface area (Å²) in [4.78, 5) is 1.99. The Hall–Kier alpha value is -1.39. The van der Waals surface area contributed by atoms with Crippen molar-refractivity contribution >= 4 is 11.4 Å². The van der Waals surface area contributed by atoms with Gasteiger partial charge in [0.1, 0.15) is 0 Å². The second-order valence-corrected chi connectivity index (χ2v) is 4.36. The number of likely N-dealkylation sites (N-methyl/N-ethyl adjacent to an activating group) is 1. The van der Waals surface area contributed by atoms with E-state index in [4.69, 9.17) is 0 Å². The normalized spacial score (nSPS) is 19.8. The van der Waals surface area contributed by atoms with Crippen molar-refractivity contribution in [1.29, 1.82) is 0 Å². The van der Waals surface area contributed by atoms with Gasteiger partial charge >= 0.3 is 6.18 Å². The Morgan fingerprint density at radius 2 is 2.12 bits per heavy atom. The van der Waals surface area contributed by atoms with Crippen molar-refractivity contribution in [2.45, 2.75) is 25.6 Å². The van der Waals surface area contributed by atoms with Crippen molar-refractivity contribution in [2.24, 2.45) is 0 Å². The number of nitrogens with zero attached hydrogens (tertiary/aromatic N) is 1. The Kier molecular flexibility index (Phi) is 2.93. The molecule has 1 aromatic rings. The lowest BCUT2D eigenvalue weighted by molar-refractivity contribution is -0.137. The van der Waals surface area contributed by atoms with E-state index in [1.54, 1.807) is 0 Å². The molecule has 0 aliphatic carbocycles. The summed E-state index contributed by atoms with van der Waals surface area (Å²) < 4.78 is 37.8. The number of hydrogen-bond acceptors (Lipinski definition) is 2. The Morgan fingerprint density at radius 1 is 1.41 bits per heavy atom. The monoisotopic (exact) mass is 244 g/mol. The summed E-state index contributed by atoms with van der Waals surface area (Å²) in [5.74, 6) is 0. The zero-order valence-corrected chi connectivity index (χ0v) is 9.80. The van der Waals surface area contributed by atoms with Gasteiger partial charge in [-0.2, -0.15) is 13.2 Å². The van der Waals surface area contributed by atoms with Crippen LogP contribution >= 0.6 is 0 Å². The summed E-state index contributed by atoms with van der Waals surface area (Å²) in [7, 11) is 1.90. The van der Waals surface area contributed by atoms with Gasteiger partial charge in [0.2, 0.25) is 0 Å². The van der Waals surface area contributed by atoms with Crippen LogP contribution in [0, 0.1) is 0 Å². The molecule has 0 amide bonds. The first-order valence-corrected chi connectivity index (χ1v) is 5.60. The minimum absolute atomic E-state index is 0.205. The third-order valence-electron chi connectivity index (χ3n) is 3.08. The van der Waals surface area contributed by atoms with Crippen LogP contribution in [-0.4, -0.2) is 19.6 Å². The molecule has 0 radical (unpaired) electrons. The summed E-state index contributed by atoms with van der Waals surface area (Å²) >= 11 is 0. The van der Waals surface area contributed by atoms with E-state index in [0.717, 1.165) is 24.7 Å². The summed E-state index contributed by atoms with van der Waals surface area (Å²) in [6, 6.07) is 4.05. The van der Waals surface area contributed by atoms with E-state index in [0.29, 0.717) is 5.69 Å². The minimum atomic E-state index is -4.28. The van der Waals surface area contributed by atoms with Crippen LogP contribution in [-0.2, 0) is 6.18 Å². The smallest absolute Gasteiger partial charge is 0.379 e. The third kappa shape index (κ3) is 2.33. The molecule has 0 spiro atoms. The third-order valence-corrected chi connectivity index (χ3v) is 3.08. The lowest BCUT2D eigenvalue weighted by Gasteiger charge is -2.34. The number of halogens is 3. The molecule has 0 saturated heterocycles. The number of rotatable bonds is 1. The van der Waals surface area contributed by atoms with Gasteiger partial charge in [-0.15, -0.1) is 0 Å². The number of nitrogens with one attached hydrogen (secondary N) is 1. The molecule has 1 aliphatic heterocycles. The quantitative estimate of drug-likeness (QED) is 0.815. The van der Waals surface area contributed by atoms with E-state index in [2.05, 4.69) is 5.32 Å². The van der Waals surface area contributed by atoms with E-state index in [1.165, 1.54) is 12.1 Å². The summed E-state index contributed by atoms with van der Waals surface area (Å²) in [5, 5.41) is 3.15. The highest BCUT2D eigenvalue weighted by molar-refractivity contribution is 5.73. The largest absolute Gasteiger partial charge is 0.416 e. The zero-order chi connectivity index (χ0) is 12.6. The lowest BCUT2D eigenvalue weighted by Crippen LogP contribution is -2.39. The molecular weight excluding hydrogens is 229 g/mol. The molecule has 0 aromatic heterocycles. The average Bonchev–Trinajstić information content (AvgIpc) is 2.27. The molecule has 5 heteroatoms. The molecule has 1 aliphatic rings. The fourth-order valence-electron chi connectivity index (χ4n) is 2.09. The SMILES string of the molecule is CCC1CN(C)c2ccc(C(F)(F)F)cc2N1. The second kappa shape index (κ2) is 4.13. The first-order valence-electron chi connectivity index (χ1n) is 5.60. The maximum Gasteiger partial charge on any atom is 0.416 e. The first-order chi connectivity index (χ1) is 7.91. The summed E-state index contributed by atoms with van der Waals surface area (Å²) in [6.45, 7) is 2.83. The zero-order valence-electron chi connectivity index (χ0n) is 9.80. The van der Waals surface area contributed by atoms with Crippen LogP contribution in [0.5, 0.6) is 0 Å². The van der Waals surface area contributed by atoms with Gasteiger partial charge in [0, 0.05) is 19.6 Å². The predicted octanol–water partition coefficient (Wildman–Crippen LogP) is 3.35. The molecule has 2 rings (SSSR count). The molecule has 1 aromatic carbocycles. The minimum Gasteiger partial charge on any atom is -0.379 e. The molecule has 1 atom stereocenters. The highest BCUT2D eigenvalue weighted by atomic mass is 19.4. The van der Waals surface area contributed by atoms with Gasteiger partial charge in [0.15, 0.2) is 0 Å². The van der Waals surface area contributed by atoms with Crippen molar-refractivity contribution in [3.8, 4) is 0 Å². The number of alkyl halides is 3. The molecule has 17 heavy (non-hydrogen) atoms. The van der Waals surface area contributed by atoms with Crippen molar-refractivity contribution < 1.29 is 13.2 Å². The molecular formula is C12H15F3N2. The standard InChI is InChI=1S/C12H15F3N2/c1-3-9-7-17(2)11-5-4-8(12(13,14)15)6-10(11)16-9/h4-6,9,16H,3,7H2,1-2H3. The highest BCUT2D eigenvalue weighted by Crippen LogP contribution is 2.37. The molecule has 1 N–H and O–H groups in total. The number of anilines is 2. The van der Waals surface area contributed by atoms with Gasteiger partial charge in [-0.1, -0.05) is 6.92 Å². The van der Waals surface area contributed by atoms with Crippen LogP contribution in [0.1, 0.15) is 18.9 Å². The van der Waals surface area contributed by atoms with E-state index in [1.807, 2.05) is 18.9 Å². The van der Waals surface area contributed by atoms with Crippen LogP contribution < -0.4 is 10.2 Å². The van der Waals surface area contributed by atoms with Crippen molar-refractivity contribution in [3.63, 3.8) is 0 Å². The average molecular weight is 244 g/mol. The van der Waals surface area contributed by atoms with Gasteiger partial charge in [0.05, 0.1) is 16.9 Å². The van der Waals surface area contributed by atoms with Crippen molar-refractivity contribution in [1.82, 2.24) is 0 Å². The molecule has 1 unspecified atom stereocenters. The molecule has 0 saturated carbocycles. The second-order valence-electron chi connectivity index (χ2n) is 4.36. The van der Waals surface area contributed by atoms with E-state index in [-0.39, 0.29) is 6.04 Å². The Labute approximate surface area is 98.4 Å². The fourth-order valence-corrected chi connectivity index (χ4v) is 2.09. The number of benzene rings is 1. The summed E-state index contributed by atoms with van der Waals surface area (Å²) in [6.07, 6.45) is -3.39. The molecule has 94 valence electrons. The van der Waals surface area contributed by atoms with Crippen molar-refractivity contribution in [2.75, 3.05) is 23.8 Å². The van der Waals surface area contributed by atoms with E-state index in [9.17, 15) is 13.2 Å².